The summed E-state index contributed by atoms with van der Waals surface area (Å²) in [5, 5.41) is 18.4. The van der Waals surface area contributed by atoms with Crippen molar-refractivity contribution in [3.8, 4) is 0 Å². The van der Waals surface area contributed by atoms with Crippen molar-refractivity contribution in [1.82, 2.24) is 16.0 Å². The van der Waals surface area contributed by atoms with Crippen LogP contribution < -0.4 is 16.0 Å². The largest absolute Gasteiger partial charge is 0.460 e. The van der Waals surface area contributed by atoms with Gasteiger partial charge in [0.1, 0.15) is 18.2 Å². The van der Waals surface area contributed by atoms with E-state index in [2.05, 4.69) is 22.9 Å². The fourth-order valence-electron chi connectivity index (χ4n) is 5.59. The van der Waals surface area contributed by atoms with Crippen molar-refractivity contribution < 1.29 is 33.8 Å². The molecule has 0 aliphatic carbocycles. The maximum absolute atomic E-state index is 13.6. The third kappa shape index (κ3) is 14.2. The molecular formula is C36H59N3O7. The van der Waals surface area contributed by atoms with Crippen LogP contribution in [-0.2, 0) is 35.3 Å². The van der Waals surface area contributed by atoms with Gasteiger partial charge in [0, 0.05) is 0 Å². The lowest BCUT2D eigenvalue weighted by atomic mass is 9.95. The number of nitrogens with one attached hydrogen (secondary N) is 3. The lowest BCUT2D eigenvalue weighted by molar-refractivity contribution is -0.159. The SMILES string of the molecule is CCCCCCCCCCCCC[C@H]1OC(=O)[C@@H](COCc2ccccc2)NC(=O)[C@H]([C@@H](C)O)NC(=O)[C@H](C(C)C)NC(=O)[C@H]1C. The molecule has 0 aromatic heterocycles. The summed E-state index contributed by atoms with van der Waals surface area (Å²) in [5.41, 5.74) is 0.889. The van der Waals surface area contributed by atoms with Crippen molar-refractivity contribution in [1.29, 1.82) is 0 Å². The Balaban J connectivity index is 2.16. The number of unbranched alkanes of at least 4 members (excludes halogenated alkanes) is 10. The summed E-state index contributed by atoms with van der Waals surface area (Å²) < 4.78 is 11.8. The number of carbonyl (C=O) groups excluding carboxylic acids is 4. The summed E-state index contributed by atoms with van der Waals surface area (Å²) in [6.07, 6.45) is 11.3. The van der Waals surface area contributed by atoms with Gasteiger partial charge in [-0.25, -0.2) is 4.79 Å². The van der Waals surface area contributed by atoms with Crippen LogP contribution in [0.25, 0.3) is 0 Å². The van der Waals surface area contributed by atoms with Gasteiger partial charge in [-0.2, -0.15) is 0 Å². The quantitative estimate of drug-likeness (QED) is 0.131. The molecule has 46 heavy (non-hydrogen) atoms. The molecule has 4 N–H and O–H groups in total. The van der Waals surface area contributed by atoms with Gasteiger partial charge in [0.15, 0.2) is 6.04 Å². The molecule has 260 valence electrons. The number of benzene rings is 1. The predicted molar refractivity (Wildman–Crippen MR) is 179 cm³/mol. The Hall–Kier alpha value is -2.98. The van der Waals surface area contributed by atoms with Crippen molar-refractivity contribution in [2.24, 2.45) is 11.8 Å². The molecule has 1 saturated heterocycles. The van der Waals surface area contributed by atoms with Crippen LogP contribution in [0, 0.1) is 11.8 Å². The molecule has 0 saturated carbocycles. The molecule has 0 radical (unpaired) electrons. The molecule has 3 amide bonds. The highest BCUT2D eigenvalue weighted by atomic mass is 16.5. The van der Waals surface area contributed by atoms with Gasteiger partial charge in [-0.1, -0.05) is 122 Å². The Kier molecular flexibility index (Phi) is 18.5. The lowest BCUT2D eigenvalue weighted by Gasteiger charge is -2.28. The molecule has 0 spiro atoms. The van der Waals surface area contributed by atoms with Crippen LogP contribution in [0.5, 0.6) is 0 Å². The number of cyclic esters (lactones) is 1. The van der Waals surface area contributed by atoms with Crippen LogP contribution in [-0.4, -0.2) is 65.7 Å². The zero-order chi connectivity index (χ0) is 33.9. The first kappa shape index (κ1) is 39.2. The van der Waals surface area contributed by atoms with Gasteiger partial charge >= 0.3 is 5.97 Å². The van der Waals surface area contributed by atoms with E-state index in [0.717, 1.165) is 31.2 Å². The normalized spacial score (nSPS) is 23.8. The summed E-state index contributed by atoms with van der Waals surface area (Å²) >= 11 is 0. The summed E-state index contributed by atoms with van der Waals surface area (Å²) in [4.78, 5) is 53.6. The highest BCUT2D eigenvalue weighted by molar-refractivity contribution is 5.94. The third-order valence-electron chi connectivity index (χ3n) is 8.64. The van der Waals surface area contributed by atoms with Gasteiger partial charge in [0.2, 0.25) is 17.7 Å². The van der Waals surface area contributed by atoms with E-state index in [4.69, 9.17) is 9.47 Å². The van der Waals surface area contributed by atoms with Crippen molar-refractivity contribution in [3.05, 3.63) is 35.9 Å². The summed E-state index contributed by atoms with van der Waals surface area (Å²) in [6.45, 7) is 8.87. The fraction of sp³-hybridized carbons (Fsp3) is 0.722. The minimum absolute atomic E-state index is 0.194. The average Bonchev–Trinajstić information content (AvgIpc) is 3.03. The standard InChI is InChI=1S/C36H59N3O7/c1-6-7-8-9-10-11-12-13-14-15-19-22-30-26(4)33(41)38-31(25(2)3)34(42)39-32(27(5)40)35(43)37-29(36(44)46-30)24-45-23-28-20-17-16-18-21-28/h16-18,20-21,25-27,29-32,40H,6-15,19,22-24H2,1-5H3,(H,37,43)(H,38,41)(H,39,42)/t26-,27+,29+,30+,31-,32-/m0/s1. The van der Waals surface area contributed by atoms with E-state index in [9.17, 15) is 24.3 Å². The van der Waals surface area contributed by atoms with Crippen LogP contribution in [0.3, 0.4) is 0 Å². The summed E-state index contributed by atoms with van der Waals surface area (Å²) in [6, 6.07) is 5.88. The van der Waals surface area contributed by atoms with E-state index in [0.29, 0.717) is 6.42 Å². The second-order valence-electron chi connectivity index (χ2n) is 13.1. The summed E-state index contributed by atoms with van der Waals surface area (Å²) in [5.74, 6) is -3.54. The van der Waals surface area contributed by atoms with Crippen LogP contribution in [0.15, 0.2) is 30.3 Å². The van der Waals surface area contributed by atoms with Crippen LogP contribution in [0.4, 0.5) is 0 Å². The molecule has 1 aromatic rings. The minimum atomic E-state index is -1.36. The van der Waals surface area contributed by atoms with Gasteiger partial charge in [-0.05, 0) is 31.2 Å². The molecular weight excluding hydrogens is 586 g/mol. The van der Waals surface area contributed by atoms with E-state index < -0.39 is 59.9 Å². The van der Waals surface area contributed by atoms with Crippen LogP contribution in [0.2, 0.25) is 0 Å². The third-order valence-corrected chi connectivity index (χ3v) is 8.64. The zero-order valence-electron chi connectivity index (χ0n) is 28.7. The number of aliphatic hydroxyl groups is 1. The number of aliphatic hydroxyl groups excluding tert-OH is 1. The Bertz CT molecular complexity index is 1050. The van der Waals surface area contributed by atoms with Gasteiger partial charge in [0.05, 0.1) is 25.2 Å². The average molecular weight is 646 g/mol. The van der Waals surface area contributed by atoms with Gasteiger partial charge in [-0.15, -0.1) is 0 Å². The molecule has 10 heteroatoms. The number of amides is 3. The van der Waals surface area contributed by atoms with Crippen molar-refractivity contribution >= 4 is 23.7 Å². The highest BCUT2D eigenvalue weighted by Gasteiger charge is 2.37. The zero-order valence-corrected chi connectivity index (χ0v) is 28.7. The lowest BCUT2D eigenvalue weighted by Crippen LogP contribution is -2.60. The number of hydrogen-bond donors (Lipinski definition) is 4. The molecule has 10 nitrogen and oxygen atoms in total. The molecule has 1 heterocycles. The minimum Gasteiger partial charge on any atom is -0.460 e. The number of ether oxygens (including phenoxy) is 2. The molecule has 1 aliphatic heterocycles. The number of carbonyl (C=O) groups is 4. The van der Waals surface area contributed by atoms with E-state index in [1.165, 1.54) is 51.9 Å². The van der Waals surface area contributed by atoms with Crippen molar-refractivity contribution in [2.45, 2.75) is 149 Å². The smallest absolute Gasteiger partial charge is 0.331 e. The Morgan fingerprint density at radius 3 is 1.87 bits per heavy atom. The van der Waals surface area contributed by atoms with E-state index in [-0.39, 0.29) is 19.1 Å². The maximum atomic E-state index is 13.6. The van der Waals surface area contributed by atoms with E-state index >= 15 is 0 Å². The first-order valence-electron chi connectivity index (χ1n) is 17.5. The first-order chi connectivity index (χ1) is 22.0. The van der Waals surface area contributed by atoms with Gasteiger partial charge in [0.25, 0.3) is 0 Å². The van der Waals surface area contributed by atoms with Crippen LogP contribution >= 0.6 is 0 Å². The van der Waals surface area contributed by atoms with E-state index in [1.54, 1.807) is 20.8 Å². The Morgan fingerprint density at radius 2 is 1.30 bits per heavy atom. The number of esters is 1. The monoisotopic (exact) mass is 645 g/mol. The molecule has 1 fully saturated rings. The molecule has 1 aliphatic rings. The molecule has 6 atom stereocenters. The summed E-state index contributed by atoms with van der Waals surface area (Å²) in [7, 11) is 0. The fourth-order valence-corrected chi connectivity index (χ4v) is 5.59. The first-order valence-corrected chi connectivity index (χ1v) is 17.5. The maximum Gasteiger partial charge on any atom is 0.331 e. The molecule has 0 bridgehead atoms. The second-order valence-corrected chi connectivity index (χ2v) is 13.1. The highest BCUT2D eigenvalue weighted by Crippen LogP contribution is 2.20. The topological polar surface area (TPSA) is 143 Å². The van der Waals surface area contributed by atoms with Crippen molar-refractivity contribution in [3.63, 3.8) is 0 Å². The van der Waals surface area contributed by atoms with Gasteiger partial charge in [-0.3, -0.25) is 14.4 Å². The Labute approximate surface area is 276 Å². The second kappa shape index (κ2) is 21.7. The van der Waals surface area contributed by atoms with E-state index in [1.807, 2.05) is 30.3 Å². The van der Waals surface area contributed by atoms with Crippen molar-refractivity contribution in [2.75, 3.05) is 6.61 Å². The Morgan fingerprint density at radius 1 is 0.761 bits per heavy atom. The van der Waals surface area contributed by atoms with Crippen LogP contribution in [0.1, 0.15) is 117 Å². The predicted octanol–water partition coefficient (Wildman–Crippen LogP) is 4.96. The number of rotatable bonds is 18. The molecule has 0 unspecified atom stereocenters. The molecule has 2 rings (SSSR count). The van der Waals surface area contributed by atoms with Gasteiger partial charge < -0.3 is 30.5 Å². The number of hydrogen-bond acceptors (Lipinski definition) is 7. The molecule has 1 aromatic carbocycles.